The molecule has 0 radical (unpaired) electrons. The Kier molecular flexibility index (Phi) is 4.31. The van der Waals surface area contributed by atoms with Crippen LogP contribution in [0.15, 0.2) is 59.4 Å². The molecule has 6 heteroatoms. The fraction of sp³-hybridized carbons (Fsp3) is 0.136. The molecule has 140 valence electrons. The molecule has 0 saturated carbocycles. The average Bonchev–Trinajstić information content (AvgIpc) is 3.05. The van der Waals surface area contributed by atoms with Crippen LogP contribution in [0.5, 0.6) is 0 Å². The van der Waals surface area contributed by atoms with E-state index in [4.69, 9.17) is 9.47 Å². The van der Waals surface area contributed by atoms with E-state index in [0.717, 1.165) is 5.56 Å². The van der Waals surface area contributed by atoms with Gasteiger partial charge in [0.2, 0.25) is 0 Å². The van der Waals surface area contributed by atoms with Crippen molar-refractivity contribution in [2.24, 2.45) is 0 Å². The molecule has 0 unspecified atom stereocenters. The van der Waals surface area contributed by atoms with Crippen LogP contribution in [0.3, 0.4) is 0 Å². The quantitative estimate of drug-likeness (QED) is 0.656. The first-order valence-electron chi connectivity index (χ1n) is 8.69. The summed E-state index contributed by atoms with van der Waals surface area (Å²) in [6.07, 6.45) is 0. The zero-order chi connectivity index (χ0) is 19.8. The number of benzene rings is 2. The van der Waals surface area contributed by atoms with E-state index in [1.807, 2.05) is 36.4 Å². The molecule has 2 aromatic carbocycles. The van der Waals surface area contributed by atoms with Crippen molar-refractivity contribution in [1.82, 2.24) is 4.57 Å². The minimum absolute atomic E-state index is 0.0597. The summed E-state index contributed by atoms with van der Waals surface area (Å²) in [5.41, 5.74) is 2.47. The maximum absolute atomic E-state index is 12.9. The second-order valence-corrected chi connectivity index (χ2v) is 6.40. The van der Waals surface area contributed by atoms with Gasteiger partial charge in [-0.15, -0.1) is 0 Å². The van der Waals surface area contributed by atoms with Gasteiger partial charge in [0.1, 0.15) is 0 Å². The highest BCUT2D eigenvalue weighted by Crippen LogP contribution is 2.42. The van der Waals surface area contributed by atoms with Crippen molar-refractivity contribution < 1.29 is 19.1 Å². The molecule has 0 amide bonds. The molecule has 1 heterocycles. The maximum Gasteiger partial charge on any atom is 0.339 e. The van der Waals surface area contributed by atoms with Gasteiger partial charge in [-0.1, -0.05) is 42.5 Å². The third-order valence-electron chi connectivity index (χ3n) is 4.89. The SMILES string of the molecule is COC(=O)C1=C(C(=O)OC)c2cc(=O)n(Cc3ccccc3)c3cccc1c23. The molecule has 0 aliphatic heterocycles. The fourth-order valence-electron chi connectivity index (χ4n) is 3.67. The largest absolute Gasteiger partial charge is 0.465 e. The van der Waals surface area contributed by atoms with E-state index in [0.29, 0.717) is 28.6 Å². The van der Waals surface area contributed by atoms with Gasteiger partial charge in [-0.3, -0.25) is 4.79 Å². The third-order valence-corrected chi connectivity index (χ3v) is 4.89. The van der Waals surface area contributed by atoms with Crippen LogP contribution in [0.2, 0.25) is 0 Å². The number of carbonyl (C=O) groups excluding carboxylic acids is 2. The Hall–Kier alpha value is -3.67. The fourth-order valence-corrected chi connectivity index (χ4v) is 3.67. The van der Waals surface area contributed by atoms with Gasteiger partial charge in [0, 0.05) is 17.0 Å². The van der Waals surface area contributed by atoms with Crippen molar-refractivity contribution >= 4 is 34.0 Å². The molecule has 1 aromatic heterocycles. The lowest BCUT2D eigenvalue weighted by molar-refractivity contribution is -0.135. The molecule has 0 bridgehead atoms. The summed E-state index contributed by atoms with van der Waals surface area (Å²) in [7, 11) is 2.49. The molecular formula is C22H17NO5. The van der Waals surface area contributed by atoms with Crippen LogP contribution in [-0.4, -0.2) is 30.7 Å². The highest BCUT2D eigenvalue weighted by Gasteiger charge is 2.35. The second-order valence-electron chi connectivity index (χ2n) is 6.40. The van der Waals surface area contributed by atoms with Crippen molar-refractivity contribution in [3.05, 3.63) is 81.6 Å². The number of aromatic nitrogens is 1. The molecule has 0 spiro atoms. The van der Waals surface area contributed by atoms with Crippen LogP contribution in [0, 0.1) is 0 Å². The number of hydrogen-bond donors (Lipinski definition) is 0. The van der Waals surface area contributed by atoms with Gasteiger partial charge in [0.05, 0.1) is 37.4 Å². The molecule has 3 aromatic rings. The molecule has 0 atom stereocenters. The summed E-state index contributed by atoms with van der Waals surface area (Å²) in [5.74, 6) is -1.33. The predicted molar refractivity (Wildman–Crippen MR) is 105 cm³/mol. The normalized spacial score (nSPS) is 12.4. The number of hydrogen-bond acceptors (Lipinski definition) is 5. The lowest BCUT2D eigenvalue weighted by atomic mass is 10.0. The Morgan fingerprint density at radius 1 is 0.857 bits per heavy atom. The van der Waals surface area contributed by atoms with E-state index in [9.17, 15) is 14.4 Å². The number of esters is 2. The molecule has 0 fully saturated rings. The van der Waals surface area contributed by atoms with Crippen molar-refractivity contribution in [1.29, 1.82) is 0 Å². The van der Waals surface area contributed by atoms with Gasteiger partial charge in [0.15, 0.2) is 0 Å². The van der Waals surface area contributed by atoms with E-state index in [1.165, 1.54) is 20.3 Å². The molecule has 28 heavy (non-hydrogen) atoms. The maximum atomic E-state index is 12.9. The van der Waals surface area contributed by atoms with Crippen molar-refractivity contribution in [2.75, 3.05) is 14.2 Å². The van der Waals surface area contributed by atoms with Crippen LogP contribution < -0.4 is 5.56 Å². The summed E-state index contributed by atoms with van der Waals surface area (Å²) >= 11 is 0. The Morgan fingerprint density at radius 3 is 2.14 bits per heavy atom. The molecule has 0 saturated heterocycles. The zero-order valence-corrected chi connectivity index (χ0v) is 15.4. The number of nitrogens with zero attached hydrogens (tertiary/aromatic N) is 1. The summed E-state index contributed by atoms with van der Waals surface area (Å²) in [5, 5.41) is 0.666. The predicted octanol–water partition coefficient (Wildman–Crippen LogP) is 2.62. The van der Waals surface area contributed by atoms with Gasteiger partial charge < -0.3 is 14.0 Å². The Balaban J connectivity index is 2.01. The summed E-state index contributed by atoms with van der Waals surface area (Å²) in [6, 6.07) is 16.3. The van der Waals surface area contributed by atoms with Gasteiger partial charge >= 0.3 is 11.9 Å². The summed E-state index contributed by atoms with van der Waals surface area (Å²) < 4.78 is 11.4. The van der Waals surface area contributed by atoms with E-state index >= 15 is 0 Å². The van der Waals surface area contributed by atoms with E-state index in [-0.39, 0.29) is 16.7 Å². The molecule has 0 N–H and O–H groups in total. The molecular weight excluding hydrogens is 358 g/mol. The Morgan fingerprint density at radius 2 is 1.50 bits per heavy atom. The standard InChI is InChI=1S/C22H17NO5/c1-27-21(25)19-14-9-6-10-16-18(14)15(20(19)22(26)28-2)11-17(24)23(16)12-13-7-4-3-5-8-13/h3-11H,12H2,1-2H3. The Labute approximate surface area is 160 Å². The smallest absolute Gasteiger partial charge is 0.339 e. The van der Waals surface area contributed by atoms with Gasteiger partial charge in [-0.25, -0.2) is 9.59 Å². The van der Waals surface area contributed by atoms with Crippen LogP contribution in [0.4, 0.5) is 0 Å². The number of ether oxygens (including phenoxy) is 2. The minimum atomic E-state index is -0.682. The number of methoxy groups -OCH3 is 2. The van der Waals surface area contributed by atoms with Crippen molar-refractivity contribution in [3.8, 4) is 0 Å². The summed E-state index contributed by atoms with van der Waals surface area (Å²) in [4.78, 5) is 37.8. The lowest BCUT2D eigenvalue weighted by Crippen LogP contribution is -2.21. The van der Waals surface area contributed by atoms with Crippen molar-refractivity contribution in [2.45, 2.75) is 6.54 Å². The number of carbonyl (C=O) groups is 2. The second kappa shape index (κ2) is 6.81. The molecule has 1 aliphatic rings. The van der Waals surface area contributed by atoms with E-state index < -0.39 is 11.9 Å². The molecule has 4 rings (SSSR count). The van der Waals surface area contributed by atoms with Crippen LogP contribution in [-0.2, 0) is 25.6 Å². The average molecular weight is 375 g/mol. The lowest BCUT2D eigenvalue weighted by Gasteiger charge is -2.12. The van der Waals surface area contributed by atoms with Gasteiger partial charge in [-0.2, -0.15) is 0 Å². The van der Waals surface area contributed by atoms with Crippen LogP contribution >= 0.6 is 0 Å². The zero-order valence-electron chi connectivity index (χ0n) is 15.4. The van der Waals surface area contributed by atoms with Crippen LogP contribution in [0.25, 0.3) is 22.0 Å². The highest BCUT2D eigenvalue weighted by molar-refractivity contribution is 6.43. The highest BCUT2D eigenvalue weighted by atomic mass is 16.5. The third kappa shape index (κ3) is 2.62. The first-order valence-corrected chi connectivity index (χ1v) is 8.69. The first kappa shape index (κ1) is 17.7. The monoisotopic (exact) mass is 375 g/mol. The summed E-state index contributed by atoms with van der Waals surface area (Å²) in [6.45, 7) is 0.376. The number of pyridine rings is 1. The Bertz CT molecular complexity index is 1200. The van der Waals surface area contributed by atoms with Crippen molar-refractivity contribution in [3.63, 3.8) is 0 Å². The molecule has 1 aliphatic carbocycles. The first-order chi connectivity index (χ1) is 13.6. The van der Waals surface area contributed by atoms with Gasteiger partial charge in [0.25, 0.3) is 5.56 Å². The number of rotatable bonds is 4. The molecule has 6 nitrogen and oxygen atoms in total. The van der Waals surface area contributed by atoms with E-state index in [2.05, 4.69) is 0 Å². The topological polar surface area (TPSA) is 74.6 Å². The van der Waals surface area contributed by atoms with E-state index in [1.54, 1.807) is 16.7 Å². The van der Waals surface area contributed by atoms with Crippen LogP contribution in [0.1, 0.15) is 16.7 Å². The minimum Gasteiger partial charge on any atom is -0.465 e. The van der Waals surface area contributed by atoms with Gasteiger partial charge in [-0.05, 0) is 17.2 Å².